The van der Waals surface area contributed by atoms with Crippen molar-refractivity contribution in [3.8, 4) is 0 Å². The molecule has 0 saturated carbocycles. The molecule has 0 heterocycles. The van der Waals surface area contributed by atoms with Gasteiger partial charge in [0.1, 0.15) is 15.9 Å². The summed E-state index contributed by atoms with van der Waals surface area (Å²) in [7, 11) is -0.877. The van der Waals surface area contributed by atoms with E-state index in [9.17, 15) is 9.59 Å². The number of Topliss-reactive ketones (excluding diaryl/α,β-unsaturated/α-hetero) is 2. The zero-order valence-electron chi connectivity index (χ0n) is 16.3. The molecule has 0 fully saturated rings. The molecule has 0 saturated heterocycles. The van der Waals surface area contributed by atoms with Crippen LogP contribution in [0.25, 0.3) is 0 Å². The number of hydrogen-bond acceptors (Lipinski definition) is 2. The molecule has 3 aromatic carbocycles. The number of ketones is 2. The molecule has 3 aromatic rings. The van der Waals surface area contributed by atoms with Crippen LogP contribution in [0.5, 0.6) is 0 Å². The molecule has 151 valence electrons. The van der Waals surface area contributed by atoms with E-state index in [1.54, 1.807) is 0 Å². The molecule has 0 aromatic heterocycles. The van der Waals surface area contributed by atoms with Crippen LogP contribution in [0.3, 0.4) is 0 Å². The van der Waals surface area contributed by atoms with Gasteiger partial charge in [-0.3, -0.25) is 6.42 Å². The minimum atomic E-state index is -0.877. The Labute approximate surface area is 186 Å². The molecule has 0 atom stereocenters. The normalized spacial score (nSPS) is 8.86. The van der Waals surface area contributed by atoms with Crippen molar-refractivity contribution in [3.63, 3.8) is 0 Å². The van der Waals surface area contributed by atoms with Crippen LogP contribution in [-0.4, -0.2) is 11.6 Å². The summed E-state index contributed by atoms with van der Waals surface area (Å²) >= 11 is 0. The van der Waals surface area contributed by atoms with Crippen molar-refractivity contribution in [2.24, 2.45) is 0 Å². The van der Waals surface area contributed by atoms with Gasteiger partial charge in [-0.05, 0) is 50.2 Å². The third-order valence-electron chi connectivity index (χ3n) is 3.59. The first kappa shape index (κ1) is 26.7. The average Bonchev–Trinajstić information content (AvgIpc) is 2.72. The minimum absolute atomic E-state index is 0. The number of rotatable bonds is 5. The van der Waals surface area contributed by atoms with Gasteiger partial charge in [0.2, 0.25) is 0 Å². The Hall–Kier alpha value is -2.34. The molecule has 29 heavy (non-hydrogen) atoms. The van der Waals surface area contributed by atoms with Gasteiger partial charge in [-0.2, -0.15) is 0 Å². The molecule has 0 aliphatic carbocycles. The molecular weight excluding hydrogens is 470 g/mol. The summed E-state index contributed by atoms with van der Waals surface area (Å²) in [5.74, 6) is -0.375. The smallest absolute Gasteiger partial charge is 0.0620 e. The zero-order valence-corrected chi connectivity index (χ0v) is 18.9. The van der Waals surface area contributed by atoms with E-state index >= 15 is 0 Å². The van der Waals surface area contributed by atoms with Crippen LogP contribution in [-0.2, 0) is 33.7 Å². The second-order valence-electron chi connectivity index (χ2n) is 5.84. The molecule has 0 aliphatic rings. The molecule has 0 aliphatic heterocycles. The standard InChI is InChI=1S/C18H15P.C5H7O2.CO.Rh/c1-4-10-16(11-5-1)19(17-12-6-2-7-13-17)18-14-8-3-9-15-18;1-4(6)3-5(2)7;1-2;/h1-15H;3H,1-2H3;;/q;-1;;/p+1. The molecule has 0 bridgehead atoms. The van der Waals surface area contributed by atoms with Crippen LogP contribution < -0.4 is 15.9 Å². The van der Waals surface area contributed by atoms with E-state index in [2.05, 4.69) is 97.6 Å². The predicted molar refractivity (Wildman–Crippen MR) is 116 cm³/mol. The first-order valence-corrected chi connectivity index (χ1v) is 10.2. The Morgan fingerprint density at radius 1 is 0.655 bits per heavy atom. The predicted octanol–water partition coefficient (Wildman–Crippen LogP) is 3.51. The van der Waals surface area contributed by atoms with E-state index in [0.29, 0.717) is 0 Å². The first-order chi connectivity index (χ1) is 13.6. The quantitative estimate of drug-likeness (QED) is 0.180. The molecule has 0 N–H and O–H groups in total. The van der Waals surface area contributed by atoms with E-state index in [1.165, 1.54) is 29.8 Å². The third-order valence-corrected chi connectivity index (χ3v) is 6.33. The van der Waals surface area contributed by atoms with Crippen LogP contribution >= 0.6 is 7.92 Å². The van der Waals surface area contributed by atoms with Crippen molar-refractivity contribution in [2.75, 3.05) is 0 Å². The first-order valence-electron chi connectivity index (χ1n) is 8.67. The van der Waals surface area contributed by atoms with Crippen LogP contribution in [0.15, 0.2) is 91.0 Å². The van der Waals surface area contributed by atoms with Crippen molar-refractivity contribution in [1.29, 1.82) is 0 Å². The Morgan fingerprint density at radius 3 is 1.07 bits per heavy atom. The minimum Gasteiger partial charge on any atom is -0.0620 e. The van der Waals surface area contributed by atoms with Crippen LogP contribution in [0.1, 0.15) is 13.8 Å². The molecule has 0 amide bonds. The van der Waals surface area contributed by atoms with Gasteiger partial charge in [0.05, 0.1) is 7.92 Å². The van der Waals surface area contributed by atoms with Gasteiger partial charge in [0.25, 0.3) is 0 Å². The van der Waals surface area contributed by atoms with Gasteiger partial charge in [0, 0.05) is 31.0 Å². The van der Waals surface area contributed by atoms with Crippen LogP contribution in [0.4, 0.5) is 0 Å². The maximum absolute atomic E-state index is 9.98. The van der Waals surface area contributed by atoms with Gasteiger partial charge in [-0.1, -0.05) is 54.6 Å². The molecule has 5 heteroatoms. The summed E-state index contributed by atoms with van der Waals surface area (Å²) in [6.45, 7) is 7.20. The Morgan fingerprint density at radius 2 is 0.897 bits per heavy atom. The molecule has 0 spiro atoms. The van der Waals surface area contributed by atoms with Gasteiger partial charge >= 0.3 is 11.3 Å². The topological polar surface area (TPSA) is 54.0 Å². The summed E-state index contributed by atoms with van der Waals surface area (Å²) in [4.78, 5) is 20.0. The summed E-state index contributed by atoms with van der Waals surface area (Å²) in [6, 6.07) is 32.5. The molecular formula is C24H23O3PRh. The maximum Gasteiger partial charge on any atom is 0.102 e. The van der Waals surface area contributed by atoms with Gasteiger partial charge in [0.15, 0.2) is 0 Å². The number of benzene rings is 3. The number of carbonyl (C=O) groups is 2. The van der Waals surface area contributed by atoms with E-state index < -0.39 is 7.92 Å². The van der Waals surface area contributed by atoms with Crippen LogP contribution in [0, 0.1) is 13.1 Å². The van der Waals surface area contributed by atoms with Gasteiger partial charge in [-0.25, -0.2) is 0 Å². The van der Waals surface area contributed by atoms with E-state index in [1.807, 2.05) is 0 Å². The Bertz CT molecular complexity index is 760. The van der Waals surface area contributed by atoms with Crippen molar-refractivity contribution >= 4 is 35.4 Å². The van der Waals surface area contributed by atoms with Crippen molar-refractivity contribution < 1.29 is 33.7 Å². The van der Waals surface area contributed by atoms with E-state index in [4.69, 9.17) is 4.65 Å². The van der Waals surface area contributed by atoms with Crippen molar-refractivity contribution in [1.82, 2.24) is 0 Å². The number of hydrogen-bond donors (Lipinski definition) is 0. The average molecular weight is 493 g/mol. The monoisotopic (exact) mass is 493 g/mol. The fourth-order valence-electron chi connectivity index (χ4n) is 2.60. The van der Waals surface area contributed by atoms with Crippen LogP contribution in [0.2, 0.25) is 0 Å². The molecule has 3 rings (SSSR count). The summed E-state index contributed by atoms with van der Waals surface area (Å²) < 4.78 is 7.50. The van der Waals surface area contributed by atoms with Crippen molar-refractivity contribution in [2.45, 2.75) is 13.8 Å². The molecule has 0 unspecified atom stereocenters. The van der Waals surface area contributed by atoms with Gasteiger partial charge < -0.3 is 9.59 Å². The fourth-order valence-corrected chi connectivity index (χ4v) is 5.18. The Balaban J connectivity index is 0.000000675. The maximum atomic E-state index is 9.98. The SMILES string of the molecule is CC(=O)[CH-]C(C)=O.[C-]#[O+].[Rh].c1ccc([PH+](c2ccccc2)c2ccccc2)cc1. The number of carbonyl (C=O) groups excluding carboxylic acids is 2. The third kappa shape index (κ3) is 10.1. The summed E-state index contributed by atoms with van der Waals surface area (Å²) in [5, 5.41) is 4.31. The second-order valence-corrected chi connectivity index (χ2v) is 8.32. The summed E-state index contributed by atoms with van der Waals surface area (Å²) in [6.07, 6.45) is 1.06. The second kappa shape index (κ2) is 15.6. The van der Waals surface area contributed by atoms with Crippen molar-refractivity contribution in [3.05, 3.63) is 104 Å². The summed E-state index contributed by atoms with van der Waals surface area (Å²) in [5.41, 5.74) is 0. The zero-order chi connectivity index (χ0) is 20.8. The van der Waals surface area contributed by atoms with E-state index in [0.717, 1.165) is 6.42 Å². The molecule has 3 nitrogen and oxygen atoms in total. The molecule has 1 radical (unpaired) electrons. The fraction of sp³-hybridized carbons (Fsp3) is 0.0833. The van der Waals surface area contributed by atoms with E-state index in [-0.39, 0.29) is 31.0 Å². The Kier molecular flexibility index (Phi) is 14.3. The largest absolute Gasteiger partial charge is 0.102 e. The van der Waals surface area contributed by atoms with Gasteiger partial charge in [-0.15, -0.1) is 0 Å².